The van der Waals surface area contributed by atoms with Gasteiger partial charge in [0.1, 0.15) is 11.6 Å². The van der Waals surface area contributed by atoms with Crippen LogP contribution in [0.25, 0.3) is 10.8 Å². The fraction of sp³-hybridized carbons (Fsp3) is 0.382. The number of rotatable bonds is 15. The first-order valence-corrected chi connectivity index (χ1v) is 14.6. The van der Waals surface area contributed by atoms with E-state index in [-0.39, 0.29) is 18.4 Å². The Labute approximate surface area is 247 Å². The largest absolute Gasteiger partial charge is 0.492 e. The summed E-state index contributed by atoms with van der Waals surface area (Å²) in [5.41, 5.74) is 2.52. The van der Waals surface area contributed by atoms with E-state index in [9.17, 15) is 22.0 Å². The number of halogens is 6. The highest BCUT2D eigenvalue weighted by atomic mass is 19.4. The number of alkyl halides is 3. The van der Waals surface area contributed by atoms with Crippen LogP contribution in [0.1, 0.15) is 61.4 Å². The van der Waals surface area contributed by atoms with Crippen LogP contribution in [-0.4, -0.2) is 24.4 Å². The first-order valence-electron chi connectivity index (χ1n) is 14.6. The van der Waals surface area contributed by atoms with Gasteiger partial charge in [-0.05, 0) is 78.4 Å². The first-order chi connectivity index (χ1) is 20.6. The molecule has 0 unspecified atom stereocenters. The minimum Gasteiger partial charge on any atom is -0.492 e. The van der Waals surface area contributed by atoms with Gasteiger partial charge in [-0.1, -0.05) is 62.9 Å². The molecule has 1 heterocycles. The number of hydrogen-bond acceptors (Lipinski definition) is 3. The Morgan fingerprint density at radius 2 is 1.47 bits per heavy atom. The van der Waals surface area contributed by atoms with Crippen molar-refractivity contribution in [3.63, 3.8) is 0 Å². The van der Waals surface area contributed by atoms with E-state index in [1.54, 1.807) is 24.4 Å². The minimum atomic E-state index is -4.72. The molecule has 0 atom stereocenters. The summed E-state index contributed by atoms with van der Waals surface area (Å²) in [7, 11) is 0. The maximum atomic E-state index is 15.3. The fourth-order valence-corrected chi connectivity index (χ4v) is 4.87. The van der Waals surface area contributed by atoms with Crippen molar-refractivity contribution in [2.45, 2.75) is 70.9 Å². The minimum absolute atomic E-state index is 0.0870. The van der Waals surface area contributed by atoms with Crippen LogP contribution >= 0.6 is 0 Å². The lowest BCUT2D eigenvalue weighted by molar-refractivity contribution is -0.154. The van der Waals surface area contributed by atoms with E-state index >= 15 is 4.39 Å². The number of benzene rings is 3. The summed E-state index contributed by atoms with van der Waals surface area (Å²) in [6.07, 6.45) is 4.61. The molecule has 230 valence electrons. The fourth-order valence-electron chi connectivity index (χ4n) is 4.87. The monoisotopic (exact) mass is 603 g/mol. The third-order valence-corrected chi connectivity index (χ3v) is 7.20. The van der Waals surface area contributed by atoms with Crippen molar-refractivity contribution in [2.75, 3.05) is 13.2 Å². The van der Waals surface area contributed by atoms with Gasteiger partial charge in [-0.25, -0.2) is 13.2 Å². The molecule has 0 bridgehead atoms. The molecule has 0 radical (unpaired) electrons. The zero-order chi connectivity index (χ0) is 30.8. The highest BCUT2D eigenvalue weighted by Gasteiger charge is 2.30. The summed E-state index contributed by atoms with van der Waals surface area (Å²) >= 11 is 0. The molecule has 0 aliphatic heterocycles. The summed E-state index contributed by atoms with van der Waals surface area (Å²) in [6, 6.07) is 14.7. The number of nitrogens with zero attached hydrogens (tertiary/aromatic N) is 1. The SMILES string of the molecule is CCCCCCCOc1ccc(CCc2ccc3c(F)c(CCc4cc(F)c(OCC(F)(F)F)c(F)c4)ccc3c2)nc1. The predicted molar refractivity (Wildman–Crippen MR) is 155 cm³/mol. The Kier molecular flexibility index (Phi) is 11.3. The molecular formula is C34H35F6NO2. The number of ether oxygens (including phenoxy) is 2. The lowest BCUT2D eigenvalue weighted by Gasteiger charge is -2.12. The van der Waals surface area contributed by atoms with Crippen molar-refractivity contribution in [3.05, 3.63) is 101 Å². The Morgan fingerprint density at radius 3 is 2.16 bits per heavy atom. The second-order valence-electron chi connectivity index (χ2n) is 10.6. The summed E-state index contributed by atoms with van der Waals surface area (Å²) < 4.78 is 90.7. The third-order valence-electron chi connectivity index (χ3n) is 7.20. The number of pyridine rings is 1. The van der Waals surface area contributed by atoms with Gasteiger partial charge < -0.3 is 9.47 Å². The van der Waals surface area contributed by atoms with Crippen molar-refractivity contribution >= 4 is 10.8 Å². The van der Waals surface area contributed by atoms with Crippen LogP contribution < -0.4 is 9.47 Å². The molecule has 1 aromatic heterocycles. The molecule has 0 aliphatic rings. The van der Waals surface area contributed by atoms with Crippen LogP contribution in [0, 0.1) is 17.5 Å². The predicted octanol–water partition coefficient (Wildman–Crippen LogP) is 9.51. The normalized spacial score (nSPS) is 11.7. The first kappa shape index (κ1) is 32.2. The molecule has 0 spiro atoms. The molecule has 4 aromatic rings. The van der Waals surface area contributed by atoms with Gasteiger partial charge >= 0.3 is 6.18 Å². The number of hydrogen-bond donors (Lipinski definition) is 0. The van der Waals surface area contributed by atoms with Crippen molar-refractivity contribution < 1.29 is 35.8 Å². The maximum absolute atomic E-state index is 15.3. The van der Waals surface area contributed by atoms with Gasteiger partial charge in [-0.2, -0.15) is 13.2 Å². The quantitative estimate of drug-likeness (QED) is 0.100. The van der Waals surface area contributed by atoms with Crippen molar-refractivity contribution in [1.82, 2.24) is 4.98 Å². The molecule has 0 saturated carbocycles. The summed E-state index contributed by atoms with van der Waals surface area (Å²) in [4.78, 5) is 4.51. The molecule has 9 heteroatoms. The van der Waals surface area contributed by atoms with Gasteiger partial charge in [0.25, 0.3) is 0 Å². The second-order valence-corrected chi connectivity index (χ2v) is 10.6. The lowest BCUT2D eigenvalue weighted by atomic mass is 9.97. The Balaban J connectivity index is 1.31. The molecule has 0 N–H and O–H groups in total. The van der Waals surface area contributed by atoms with Gasteiger partial charge in [0.15, 0.2) is 24.0 Å². The smallest absolute Gasteiger partial charge is 0.422 e. The Bertz CT molecular complexity index is 1460. The molecule has 0 aliphatic carbocycles. The second kappa shape index (κ2) is 15.1. The number of unbranched alkanes of at least 4 members (excludes halogenated alkanes) is 4. The molecule has 0 fully saturated rings. The highest BCUT2D eigenvalue weighted by molar-refractivity contribution is 5.84. The highest BCUT2D eigenvalue weighted by Crippen LogP contribution is 2.28. The number of aryl methyl sites for hydroxylation is 4. The average molecular weight is 604 g/mol. The van der Waals surface area contributed by atoms with E-state index in [0.29, 0.717) is 17.6 Å². The van der Waals surface area contributed by atoms with Gasteiger partial charge in [-0.15, -0.1) is 0 Å². The summed E-state index contributed by atoms with van der Waals surface area (Å²) in [6.45, 7) is 1.08. The van der Waals surface area contributed by atoms with Crippen LogP contribution in [0.4, 0.5) is 26.3 Å². The maximum Gasteiger partial charge on any atom is 0.422 e. The molecule has 4 rings (SSSR count). The van der Waals surface area contributed by atoms with Crippen molar-refractivity contribution in [3.8, 4) is 11.5 Å². The van der Waals surface area contributed by atoms with Gasteiger partial charge in [0.05, 0.1) is 12.8 Å². The molecular weight excluding hydrogens is 568 g/mol. The summed E-state index contributed by atoms with van der Waals surface area (Å²) in [5, 5.41) is 1.17. The zero-order valence-electron chi connectivity index (χ0n) is 24.1. The average Bonchev–Trinajstić information content (AvgIpc) is 2.97. The molecule has 0 amide bonds. The van der Waals surface area contributed by atoms with Gasteiger partial charge in [0, 0.05) is 11.1 Å². The van der Waals surface area contributed by atoms with Crippen molar-refractivity contribution in [2.24, 2.45) is 0 Å². The van der Waals surface area contributed by atoms with Crippen LogP contribution in [-0.2, 0) is 25.7 Å². The van der Waals surface area contributed by atoms with Crippen LogP contribution in [0.2, 0.25) is 0 Å². The molecule has 43 heavy (non-hydrogen) atoms. The van der Waals surface area contributed by atoms with E-state index in [4.69, 9.17) is 4.74 Å². The van der Waals surface area contributed by atoms with E-state index in [0.717, 1.165) is 53.8 Å². The van der Waals surface area contributed by atoms with E-state index < -0.39 is 36.0 Å². The standard InChI is InChI=1S/C34H35F6NO2/c1-2-3-4-5-6-17-42-28-15-14-27(41-21-28)13-8-23-9-16-29-26(18-23)12-11-25(32(29)37)10-7-24-19-30(35)33(31(36)20-24)43-22-34(38,39)40/h9,11-12,14-16,18-21H,2-8,10,13,17,22H2,1H3. The Morgan fingerprint density at radius 1 is 0.721 bits per heavy atom. The van der Waals surface area contributed by atoms with Crippen LogP contribution in [0.3, 0.4) is 0 Å². The number of aromatic nitrogens is 1. The van der Waals surface area contributed by atoms with Gasteiger partial charge in [-0.3, -0.25) is 4.98 Å². The third kappa shape index (κ3) is 9.63. The molecule has 0 saturated heterocycles. The zero-order valence-corrected chi connectivity index (χ0v) is 24.1. The topological polar surface area (TPSA) is 31.4 Å². The van der Waals surface area contributed by atoms with Crippen molar-refractivity contribution in [1.29, 1.82) is 0 Å². The summed E-state index contributed by atoms with van der Waals surface area (Å²) in [5.74, 6) is -3.22. The van der Waals surface area contributed by atoms with Gasteiger partial charge in [0.2, 0.25) is 0 Å². The van der Waals surface area contributed by atoms with Crippen LogP contribution in [0.15, 0.2) is 60.8 Å². The van der Waals surface area contributed by atoms with Crippen LogP contribution in [0.5, 0.6) is 11.5 Å². The number of fused-ring (bicyclic) bond motifs is 1. The van der Waals surface area contributed by atoms with E-state index in [1.165, 1.54) is 25.7 Å². The molecule has 3 aromatic carbocycles. The Hall–Kier alpha value is -3.75. The lowest BCUT2D eigenvalue weighted by Crippen LogP contribution is -2.20. The molecule has 3 nitrogen and oxygen atoms in total. The van der Waals surface area contributed by atoms with E-state index in [1.807, 2.05) is 24.3 Å². The van der Waals surface area contributed by atoms with E-state index in [2.05, 4.69) is 16.6 Å².